The number of carbonyl (C=O) groups is 2. The Labute approximate surface area is 182 Å². The Morgan fingerprint density at radius 3 is 2.48 bits per heavy atom. The largest absolute Gasteiger partial charge is 0.397 e. The SMILES string of the molecule is CN(C)CCCNC(=O)c1cnn(Cc2ccc(C(=O)Nc3ccccc3N)cc2)c1. The molecule has 1 heterocycles. The summed E-state index contributed by atoms with van der Waals surface area (Å²) in [6.45, 7) is 2.05. The van der Waals surface area contributed by atoms with Crippen LogP contribution in [0.1, 0.15) is 32.7 Å². The van der Waals surface area contributed by atoms with E-state index in [0.29, 0.717) is 35.6 Å². The molecule has 2 amide bonds. The highest BCUT2D eigenvalue weighted by Gasteiger charge is 2.10. The number of para-hydroxylation sites is 2. The summed E-state index contributed by atoms with van der Waals surface area (Å²) in [6.07, 6.45) is 4.18. The number of hydrogen-bond donors (Lipinski definition) is 3. The summed E-state index contributed by atoms with van der Waals surface area (Å²) in [5.74, 6) is -0.353. The van der Waals surface area contributed by atoms with Gasteiger partial charge in [0.1, 0.15) is 0 Å². The van der Waals surface area contributed by atoms with E-state index in [0.717, 1.165) is 18.5 Å². The smallest absolute Gasteiger partial charge is 0.255 e. The lowest BCUT2D eigenvalue weighted by molar-refractivity contribution is 0.0951. The molecule has 3 aromatic rings. The molecule has 4 N–H and O–H groups in total. The van der Waals surface area contributed by atoms with Gasteiger partial charge in [0.05, 0.1) is 29.7 Å². The molecule has 0 aliphatic heterocycles. The van der Waals surface area contributed by atoms with E-state index in [1.54, 1.807) is 41.3 Å². The Bertz CT molecular complexity index is 1030. The molecule has 2 aromatic carbocycles. The van der Waals surface area contributed by atoms with Crippen LogP contribution in [-0.2, 0) is 6.54 Å². The van der Waals surface area contributed by atoms with Crippen molar-refractivity contribution in [3.8, 4) is 0 Å². The summed E-state index contributed by atoms with van der Waals surface area (Å²) < 4.78 is 1.70. The lowest BCUT2D eigenvalue weighted by Gasteiger charge is -2.09. The van der Waals surface area contributed by atoms with E-state index in [1.807, 2.05) is 38.4 Å². The van der Waals surface area contributed by atoms with Gasteiger partial charge in [0.15, 0.2) is 0 Å². The van der Waals surface area contributed by atoms with Crippen LogP contribution in [-0.4, -0.2) is 53.7 Å². The number of amides is 2. The van der Waals surface area contributed by atoms with Crippen molar-refractivity contribution >= 4 is 23.2 Å². The predicted molar refractivity (Wildman–Crippen MR) is 122 cm³/mol. The van der Waals surface area contributed by atoms with Crippen LogP contribution in [0.5, 0.6) is 0 Å². The molecule has 31 heavy (non-hydrogen) atoms. The highest BCUT2D eigenvalue weighted by molar-refractivity contribution is 6.05. The molecule has 0 aliphatic rings. The molecule has 0 aliphatic carbocycles. The van der Waals surface area contributed by atoms with Crippen LogP contribution in [0.15, 0.2) is 60.9 Å². The van der Waals surface area contributed by atoms with Crippen molar-refractivity contribution in [3.63, 3.8) is 0 Å². The van der Waals surface area contributed by atoms with Crippen molar-refractivity contribution in [2.24, 2.45) is 0 Å². The van der Waals surface area contributed by atoms with Crippen LogP contribution in [0.4, 0.5) is 11.4 Å². The van der Waals surface area contributed by atoms with Crippen LogP contribution in [0.2, 0.25) is 0 Å². The van der Waals surface area contributed by atoms with Crippen LogP contribution >= 0.6 is 0 Å². The number of nitrogens with one attached hydrogen (secondary N) is 2. The lowest BCUT2D eigenvalue weighted by atomic mass is 10.1. The third-order valence-corrected chi connectivity index (χ3v) is 4.73. The van der Waals surface area contributed by atoms with E-state index < -0.39 is 0 Å². The summed E-state index contributed by atoms with van der Waals surface area (Å²) in [5, 5.41) is 9.98. The molecule has 8 heteroatoms. The van der Waals surface area contributed by atoms with Crippen molar-refractivity contribution in [1.29, 1.82) is 0 Å². The molecule has 0 radical (unpaired) electrons. The van der Waals surface area contributed by atoms with Gasteiger partial charge >= 0.3 is 0 Å². The number of nitrogen functional groups attached to an aromatic ring is 1. The molecule has 1 aromatic heterocycles. The molecule has 3 rings (SSSR count). The first-order chi connectivity index (χ1) is 14.9. The number of carbonyl (C=O) groups excluding carboxylic acids is 2. The number of rotatable bonds is 9. The average Bonchev–Trinajstić information content (AvgIpc) is 3.21. The summed E-state index contributed by atoms with van der Waals surface area (Å²) in [4.78, 5) is 26.7. The molecule has 0 saturated carbocycles. The Kier molecular flexibility index (Phi) is 7.40. The summed E-state index contributed by atoms with van der Waals surface area (Å²) >= 11 is 0. The second-order valence-electron chi connectivity index (χ2n) is 7.58. The molecule has 0 bridgehead atoms. The number of anilines is 2. The maximum atomic E-state index is 12.4. The van der Waals surface area contributed by atoms with Crippen molar-refractivity contribution in [1.82, 2.24) is 20.0 Å². The molecule has 0 fully saturated rings. The van der Waals surface area contributed by atoms with Crippen molar-refractivity contribution in [2.45, 2.75) is 13.0 Å². The van der Waals surface area contributed by atoms with Crippen LogP contribution in [0.25, 0.3) is 0 Å². The zero-order chi connectivity index (χ0) is 22.2. The van der Waals surface area contributed by atoms with E-state index in [4.69, 9.17) is 5.73 Å². The first-order valence-corrected chi connectivity index (χ1v) is 10.1. The van der Waals surface area contributed by atoms with Gasteiger partial charge in [-0.2, -0.15) is 5.10 Å². The Morgan fingerprint density at radius 2 is 1.77 bits per heavy atom. The standard InChI is InChI=1S/C23H28N6O2/c1-28(2)13-5-12-25-22(30)19-14-26-29(16-19)15-17-8-10-18(11-9-17)23(31)27-21-7-4-3-6-20(21)24/h3-4,6-11,14,16H,5,12-13,15,24H2,1-2H3,(H,25,30)(H,27,31). The van der Waals surface area contributed by atoms with Gasteiger partial charge in [-0.3, -0.25) is 14.3 Å². The highest BCUT2D eigenvalue weighted by Crippen LogP contribution is 2.18. The predicted octanol–water partition coefficient (Wildman–Crippen LogP) is 2.45. The average molecular weight is 421 g/mol. The third kappa shape index (κ3) is 6.42. The fourth-order valence-corrected chi connectivity index (χ4v) is 3.02. The summed E-state index contributed by atoms with van der Waals surface area (Å²) in [6, 6.07) is 14.4. The number of aromatic nitrogens is 2. The summed E-state index contributed by atoms with van der Waals surface area (Å²) in [7, 11) is 4.01. The van der Waals surface area contributed by atoms with Gasteiger partial charge in [0.25, 0.3) is 11.8 Å². The fraction of sp³-hybridized carbons (Fsp3) is 0.261. The molecular formula is C23H28N6O2. The van der Waals surface area contributed by atoms with Gasteiger partial charge in [-0.05, 0) is 56.9 Å². The van der Waals surface area contributed by atoms with Gasteiger partial charge in [-0.15, -0.1) is 0 Å². The van der Waals surface area contributed by atoms with Gasteiger partial charge < -0.3 is 21.3 Å². The van der Waals surface area contributed by atoms with Gasteiger partial charge in [-0.1, -0.05) is 24.3 Å². The maximum Gasteiger partial charge on any atom is 0.255 e. The maximum absolute atomic E-state index is 12.4. The van der Waals surface area contributed by atoms with Crippen LogP contribution in [0.3, 0.4) is 0 Å². The van der Waals surface area contributed by atoms with Crippen molar-refractivity contribution < 1.29 is 9.59 Å². The minimum Gasteiger partial charge on any atom is -0.397 e. The molecular weight excluding hydrogens is 392 g/mol. The van der Waals surface area contributed by atoms with E-state index in [2.05, 4.69) is 20.6 Å². The van der Waals surface area contributed by atoms with E-state index in [-0.39, 0.29) is 11.8 Å². The van der Waals surface area contributed by atoms with Gasteiger partial charge in [0.2, 0.25) is 0 Å². The van der Waals surface area contributed by atoms with Crippen LogP contribution in [0, 0.1) is 0 Å². The second-order valence-corrected chi connectivity index (χ2v) is 7.58. The van der Waals surface area contributed by atoms with Gasteiger partial charge in [-0.25, -0.2) is 0 Å². The molecule has 0 saturated heterocycles. The second kappa shape index (κ2) is 10.4. The molecule has 0 unspecified atom stereocenters. The Balaban J connectivity index is 1.53. The zero-order valence-corrected chi connectivity index (χ0v) is 17.8. The topological polar surface area (TPSA) is 105 Å². The van der Waals surface area contributed by atoms with Crippen molar-refractivity contribution in [2.75, 3.05) is 38.2 Å². The number of nitrogens with zero attached hydrogens (tertiary/aromatic N) is 3. The molecule has 0 spiro atoms. The highest BCUT2D eigenvalue weighted by atomic mass is 16.2. The monoisotopic (exact) mass is 420 g/mol. The van der Waals surface area contributed by atoms with Gasteiger partial charge in [0, 0.05) is 18.3 Å². The normalized spacial score (nSPS) is 10.8. The minimum absolute atomic E-state index is 0.128. The van der Waals surface area contributed by atoms with E-state index in [9.17, 15) is 9.59 Å². The number of benzene rings is 2. The Hall–Kier alpha value is -3.65. The van der Waals surface area contributed by atoms with E-state index >= 15 is 0 Å². The first-order valence-electron chi connectivity index (χ1n) is 10.1. The quantitative estimate of drug-likeness (QED) is 0.364. The van der Waals surface area contributed by atoms with Crippen molar-refractivity contribution in [3.05, 3.63) is 77.6 Å². The number of hydrogen-bond acceptors (Lipinski definition) is 5. The van der Waals surface area contributed by atoms with Crippen LogP contribution < -0.4 is 16.4 Å². The zero-order valence-electron chi connectivity index (χ0n) is 17.8. The summed E-state index contributed by atoms with van der Waals surface area (Å²) in [5.41, 5.74) is 9.00. The number of nitrogens with two attached hydrogens (primary N) is 1. The molecule has 0 atom stereocenters. The molecule has 162 valence electrons. The Morgan fingerprint density at radius 1 is 1.03 bits per heavy atom. The minimum atomic E-state index is -0.225. The third-order valence-electron chi connectivity index (χ3n) is 4.73. The molecule has 8 nitrogen and oxygen atoms in total. The lowest BCUT2D eigenvalue weighted by Crippen LogP contribution is -2.26. The van der Waals surface area contributed by atoms with E-state index in [1.165, 1.54) is 0 Å². The fourth-order valence-electron chi connectivity index (χ4n) is 3.02. The first kappa shape index (κ1) is 22.0.